The maximum Gasteiger partial charge on any atom is 0.627 e. The van der Waals surface area contributed by atoms with E-state index in [9.17, 15) is 4.79 Å². The fourth-order valence-corrected chi connectivity index (χ4v) is 0.995. The summed E-state index contributed by atoms with van der Waals surface area (Å²) in [5.74, 6) is -0.452. The molecule has 1 amide bonds. The summed E-state index contributed by atoms with van der Waals surface area (Å²) in [6.07, 6.45) is 0.834. The average molecular weight is 179 g/mol. The first-order chi connectivity index (χ1) is 4.89. The van der Waals surface area contributed by atoms with E-state index in [0.717, 1.165) is 0 Å². The minimum Gasteiger partial charge on any atom is -0.373 e. The molecule has 0 aromatic heterocycles. The van der Waals surface area contributed by atoms with Crippen molar-refractivity contribution in [2.45, 2.75) is 19.8 Å². The molecule has 0 aliphatic rings. The maximum absolute atomic E-state index is 10.9. The molecule has 0 aromatic carbocycles. The van der Waals surface area contributed by atoms with E-state index in [1.807, 2.05) is 0 Å². The summed E-state index contributed by atoms with van der Waals surface area (Å²) in [6, 6.07) is 0. The van der Waals surface area contributed by atoms with Crippen LogP contribution in [0.4, 0.5) is 0 Å². The van der Waals surface area contributed by atoms with Crippen molar-refractivity contribution in [2.24, 2.45) is 0 Å². The van der Waals surface area contributed by atoms with Gasteiger partial charge in [0.2, 0.25) is 5.91 Å². The smallest absolute Gasteiger partial charge is 0.373 e. The van der Waals surface area contributed by atoms with Crippen molar-refractivity contribution in [1.29, 1.82) is 0 Å². The molecule has 0 aromatic rings. The average Bonchev–Trinajstić information content (AvgIpc) is 1.85. The standard InChI is InChI=1S/C5H13NO4Si/c1-3-4-5(7)6(2)11(8,9)10/h8-10H,3-4H2,1-2H3. The van der Waals surface area contributed by atoms with Crippen molar-refractivity contribution in [3.8, 4) is 0 Å². The molecule has 0 atom stereocenters. The molecule has 11 heavy (non-hydrogen) atoms. The zero-order chi connectivity index (χ0) is 9.07. The van der Waals surface area contributed by atoms with E-state index in [2.05, 4.69) is 0 Å². The van der Waals surface area contributed by atoms with Crippen LogP contribution in [0.3, 0.4) is 0 Å². The van der Waals surface area contributed by atoms with Crippen molar-refractivity contribution in [2.75, 3.05) is 7.05 Å². The van der Waals surface area contributed by atoms with Crippen molar-refractivity contribution in [1.82, 2.24) is 4.57 Å². The van der Waals surface area contributed by atoms with Crippen LogP contribution in [0.5, 0.6) is 0 Å². The third kappa shape index (κ3) is 3.47. The number of hydrogen-bond acceptors (Lipinski definition) is 4. The summed E-state index contributed by atoms with van der Waals surface area (Å²) >= 11 is 0. The Labute approximate surface area is 66.3 Å². The molecule has 0 fully saturated rings. The van der Waals surface area contributed by atoms with Crippen LogP contribution in [0.15, 0.2) is 0 Å². The Bertz CT molecular complexity index is 144. The third-order valence-electron chi connectivity index (χ3n) is 1.29. The molecule has 0 aliphatic heterocycles. The fourth-order valence-electron chi connectivity index (χ4n) is 0.549. The Hall–Kier alpha value is -0.433. The van der Waals surface area contributed by atoms with Gasteiger partial charge in [-0.3, -0.25) is 4.79 Å². The van der Waals surface area contributed by atoms with Crippen molar-refractivity contribution in [3.05, 3.63) is 0 Å². The molecule has 0 unspecified atom stereocenters. The van der Waals surface area contributed by atoms with E-state index < -0.39 is 14.9 Å². The maximum atomic E-state index is 10.9. The van der Waals surface area contributed by atoms with Crippen LogP contribution in [0.2, 0.25) is 0 Å². The third-order valence-corrected chi connectivity index (χ3v) is 2.44. The Kier molecular flexibility index (Phi) is 3.66. The highest BCUT2D eigenvalue weighted by atomic mass is 28.4. The number of carbonyl (C=O) groups is 1. The highest BCUT2D eigenvalue weighted by Gasteiger charge is 2.37. The van der Waals surface area contributed by atoms with Crippen LogP contribution in [-0.4, -0.2) is 40.9 Å². The molecule has 5 nitrogen and oxygen atoms in total. The molecule has 0 saturated carbocycles. The first kappa shape index (κ1) is 10.6. The number of amides is 1. The van der Waals surface area contributed by atoms with Crippen LogP contribution in [0.25, 0.3) is 0 Å². The molecule has 0 spiro atoms. The summed E-state index contributed by atoms with van der Waals surface area (Å²) < 4.78 is 0.608. The van der Waals surface area contributed by atoms with Gasteiger partial charge in [0.25, 0.3) is 0 Å². The van der Waals surface area contributed by atoms with Crippen LogP contribution in [0.1, 0.15) is 19.8 Å². The normalized spacial score (nSPS) is 11.4. The summed E-state index contributed by atoms with van der Waals surface area (Å²) in [7, 11) is -3.21. The number of hydrogen-bond donors (Lipinski definition) is 3. The molecule has 0 bridgehead atoms. The van der Waals surface area contributed by atoms with Crippen molar-refractivity contribution >= 4 is 14.9 Å². The van der Waals surface area contributed by atoms with E-state index in [4.69, 9.17) is 14.4 Å². The number of carbonyl (C=O) groups excluding carboxylic acids is 1. The zero-order valence-corrected chi connectivity index (χ0v) is 7.61. The van der Waals surface area contributed by atoms with Gasteiger partial charge in [0.05, 0.1) is 0 Å². The zero-order valence-electron chi connectivity index (χ0n) is 6.61. The van der Waals surface area contributed by atoms with Crippen LogP contribution < -0.4 is 0 Å². The predicted octanol–water partition coefficient (Wildman–Crippen LogP) is -1.34. The SMILES string of the molecule is CCCC(=O)N(C)[Si](O)(O)O. The molecule has 66 valence electrons. The number of rotatable bonds is 3. The van der Waals surface area contributed by atoms with Gasteiger partial charge in [0.15, 0.2) is 0 Å². The van der Waals surface area contributed by atoms with Gasteiger partial charge in [0, 0.05) is 13.5 Å². The lowest BCUT2D eigenvalue weighted by Gasteiger charge is -2.21. The Morgan fingerprint density at radius 1 is 1.45 bits per heavy atom. The summed E-state index contributed by atoms with van der Waals surface area (Å²) in [5, 5.41) is 0. The molecule has 0 rings (SSSR count). The molecular formula is C5H13NO4Si. The topological polar surface area (TPSA) is 81.0 Å². The number of nitrogens with zero attached hydrogens (tertiary/aromatic N) is 1. The van der Waals surface area contributed by atoms with Gasteiger partial charge in [-0.1, -0.05) is 6.92 Å². The van der Waals surface area contributed by atoms with E-state index in [0.29, 0.717) is 11.0 Å². The summed E-state index contributed by atoms with van der Waals surface area (Å²) in [6.45, 7) is 1.79. The monoisotopic (exact) mass is 179 g/mol. The Morgan fingerprint density at radius 2 is 1.91 bits per heavy atom. The Morgan fingerprint density at radius 3 is 2.18 bits per heavy atom. The largest absolute Gasteiger partial charge is 0.627 e. The van der Waals surface area contributed by atoms with Crippen molar-refractivity contribution < 1.29 is 19.2 Å². The van der Waals surface area contributed by atoms with E-state index in [1.165, 1.54) is 7.05 Å². The minimum atomic E-state index is -4.38. The molecule has 3 N–H and O–H groups in total. The van der Waals surface area contributed by atoms with Gasteiger partial charge in [0.1, 0.15) is 0 Å². The van der Waals surface area contributed by atoms with Gasteiger partial charge in [-0.05, 0) is 6.42 Å². The lowest BCUT2D eigenvalue weighted by molar-refractivity contribution is -0.128. The van der Waals surface area contributed by atoms with Gasteiger partial charge >= 0.3 is 8.97 Å². The molecule has 0 radical (unpaired) electrons. The van der Waals surface area contributed by atoms with E-state index in [1.54, 1.807) is 6.92 Å². The molecular weight excluding hydrogens is 166 g/mol. The fraction of sp³-hybridized carbons (Fsp3) is 0.800. The second-order valence-corrected chi connectivity index (χ2v) is 4.17. The first-order valence-electron chi connectivity index (χ1n) is 3.33. The lowest BCUT2D eigenvalue weighted by atomic mass is 10.3. The van der Waals surface area contributed by atoms with Crippen LogP contribution in [0, 0.1) is 0 Å². The quantitative estimate of drug-likeness (QED) is 0.468. The molecule has 6 heteroatoms. The Balaban J connectivity index is 4.03. The van der Waals surface area contributed by atoms with Gasteiger partial charge < -0.3 is 19.0 Å². The highest BCUT2D eigenvalue weighted by molar-refractivity contribution is 6.56. The second-order valence-electron chi connectivity index (χ2n) is 2.30. The van der Waals surface area contributed by atoms with Gasteiger partial charge in [-0.2, -0.15) is 0 Å². The van der Waals surface area contributed by atoms with Crippen LogP contribution in [-0.2, 0) is 4.79 Å². The van der Waals surface area contributed by atoms with Crippen LogP contribution >= 0.6 is 0 Å². The molecule has 0 aliphatic carbocycles. The lowest BCUT2D eigenvalue weighted by Crippen LogP contribution is -2.55. The van der Waals surface area contributed by atoms with Gasteiger partial charge in [-0.25, -0.2) is 0 Å². The van der Waals surface area contributed by atoms with E-state index in [-0.39, 0.29) is 6.42 Å². The minimum absolute atomic E-state index is 0.215. The van der Waals surface area contributed by atoms with Crippen molar-refractivity contribution in [3.63, 3.8) is 0 Å². The first-order valence-corrected chi connectivity index (χ1v) is 5.12. The highest BCUT2D eigenvalue weighted by Crippen LogP contribution is 2.00. The predicted molar refractivity (Wildman–Crippen MR) is 40.1 cm³/mol. The van der Waals surface area contributed by atoms with Gasteiger partial charge in [-0.15, -0.1) is 0 Å². The molecule has 0 heterocycles. The summed E-state index contributed by atoms with van der Waals surface area (Å²) in [4.78, 5) is 36.8. The second kappa shape index (κ2) is 3.81. The molecule has 0 saturated heterocycles. The van der Waals surface area contributed by atoms with E-state index >= 15 is 0 Å². The summed E-state index contributed by atoms with van der Waals surface area (Å²) in [5.41, 5.74) is 0.